The van der Waals surface area contributed by atoms with Crippen LogP contribution in [0.25, 0.3) is 50.2 Å². The number of pyridine rings is 1. The summed E-state index contributed by atoms with van der Waals surface area (Å²) in [4.78, 5) is 12.3. The van der Waals surface area contributed by atoms with Crippen molar-refractivity contribution in [3.63, 3.8) is 0 Å². The maximum absolute atomic E-state index is 4.67. The SMILES string of the molecule is C=C/C(=C\C(=C/C)c1ccc2[nH]nc(-c3cc4c(-n5cnc(C)c5)cncc4[nH]3)c2c1)NC(=C)c1ccccc1. The normalized spacial score (nSPS) is 12.2. The van der Waals surface area contributed by atoms with E-state index < -0.39 is 0 Å². The third kappa shape index (κ3) is 4.65. The number of nitrogens with zero attached hydrogens (tertiary/aromatic N) is 4. The second-order valence-corrected chi connectivity index (χ2v) is 9.58. The van der Waals surface area contributed by atoms with Crippen LogP contribution in [0.15, 0.2) is 117 Å². The van der Waals surface area contributed by atoms with E-state index in [4.69, 9.17) is 0 Å². The fourth-order valence-corrected chi connectivity index (χ4v) is 4.85. The molecule has 0 aliphatic heterocycles. The van der Waals surface area contributed by atoms with Gasteiger partial charge in [0.15, 0.2) is 0 Å². The van der Waals surface area contributed by atoms with Gasteiger partial charge in [-0.25, -0.2) is 4.98 Å². The molecule has 0 saturated heterocycles. The van der Waals surface area contributed by atoms with Crippen molar-refractivity contribution in [2.45, 2.75) is 13.8 Å². The number of nitrogens with one attached hydrogen (secondary N) is 3. The molecule has 0 atom stereocenters. The predicted molar refractivity (Wildman–Crippen MR) is 164 cm³/mol. The van der Waals surface area contributed by atoms with E-state index in [0.29, 0.717) is 0 Å². The molecule has 40 heavy (non-hydrogen) atoms. The van der Waals surface area contributed by atoms with Gasteiger partial charge in [-0.1, -0.05) is 55.6 Å². The highest BCUT2D eigenvalue weighted by Crippen LogP contribution is 2.32. The molecule has 0 radical (unpaired) electrons. The van der Waals surface area contributed by atoms with E-state index in [1.165, 1.54) is 0 Å². The summed E-state index contributed by atoms with van der Waals surface area (Å²) in [5.41, 5.74) is 10.4. The molecule has 4 heterocycles. The number of aryl methyl sites for hydroxylation is 1. The average Bonchev–Trinajstić information content (AvgIpc) is 3.72. The minimum atomic E-state index is 0.813. The highest BCUT2D eigenvalue weighted by molar-refractivity contribution is 5.99. The number of hydrogen-bond donors (Lipinski definition) is 3. The highest BCUT2D eigenvalue weighted by Gasteiger charge is 2.15. The number of aromatic nitrogens is 6. The molecule has 0 bridgehead atoms. The van der Waals surface area contributed by atoms with E-state index >= 15 is 0 Å². The zero-order valence-electron chi connectivity index (χ0n) is 22.4. The number of allylic oxidation sites excluding steroid dienone is 4. The maximum Gasteiger partial charge on any atom is 0.116 e. The lowest BCUT2D eigenvalue weighted by atomic mass is 10.0. The summed E-state index contributed by atoms with van der Waals surface area (Å²) in [5, 5.41) is 13.3. The summed E-state index contributed by atoms with van der Waals surface area (Å²) in [7, 11) is 0. The van der Waals surface area contributed by atoms with E-state index in [9.17, 15) is 0 Å². The molecule has 6 aromatic rings. The topological polar surface area (TPSA) is 87.2 Å². The standard InChI is InChI=1S/C33H29N7/c1-5-23(14-26(6-2)36-22(4)24-10-8-7-9-11-24)25-12-13-29-28(15-25)33(39-38-29)30-16-27-31(37-30)17-34-18-32(27)40-19-21(3)35-20-40/h5-20,36-37H,2,4H2,1,3H3,(H,38,39)/b23-5+,26-14+. The molecule has 196 valence electrons. The maximum atomic E-state index is 4.67. The molecular formula is C33H29N7. The Kier molecular flexibility index (Phi) is 6.46. The molecule has 0 aliphatic rings. The lowest BCUT2D eigenvalue weighted by molar-refractivity contribution is 1.05. The number of imidazole rings is 1. The zero-order chi connectivity index (χ0) is 27.6. The van der Waals surface area contributed by atoms with Crippen LogP contribution in [-0.2, 0) is 0 Å². The van der Waals surface area contributed by atoms with Gasteiger partial charge < -0.3 is 14.9 Å². The quantitative estimate of drug-likeness (QED) is 0.182. The van der Waals surface area contributed by atoms with Gasteiger partial charge in [-0.05, 0) is 60.9 Å². The Balaban J connectivity index is 1.36. The molecule has 0 saturated carbocycles. The average molecular weight is 524 g/mol. The van der Waals surface area contributed by atoms with Crippen LogP contribution in [0.5, 0.6) is 0 Å². The van der Waals surface area contributed by atoms with E-state index in [-0.39, 0.29) is 0 Å². The molecular weight excluding hydrogens is 494 g/mol. The van der Waals surface area contributed by atoms with Crippen LogP contribution in [0.3, 0.4) is 0 Å². The number of H-pyrrole nitrogens is 2. The van der Waals surface area contributed by atoms with Gasteiger partial charge >= 0.3 is 0 Å². The van der Waals surface area contributed by atoms with Crippen molar-refractivity contribution in [3.05, 3.63) is 133 Å². The molecule has 0 fully saturated rings. The van der Waals surface area contributed by atoms with Crippen LogP contribution < -0.4 is 5.32 Å². The first-order valence-electron chi connectivity index (χ1n) is 13.0. The van der Waals surface area contributed by atoms with Gasteiger partial charge in [0.25, 0.3) is 0 Å². The van der Waals surface area contributed by atoms with Crippen LogP contribution in [-0.4, -0.2) is 29.7 Å². The van der Waals surface area contributed by atoms with Gasteiger partial charge in [0.05, 0.1) is 46.8 Å². The third-order valence-electron chi connectivity index (χ3n) is 6.93. The molecule has 0 aliphatic carbocycles. The zero-order valence-corrected chi connectivity index (χ0v) is 22.4. The summed E-state index contributed by atoms with van der Waals surface area (Å²) in [6.07, 6.45) is 13.5. The molecule has 6 rings (SSSR count). The van der Waals surface area contributed by atoms with Crippen molar-refractivity contribution < 1.29 is 0 Å². The van der Waals surface area contributed by atoms with Crippen molar-refractivity contribution in [1.29, 1.82) is 0 Å². The van der Waals surface area contributed by atoms with Gasteiger partial charge in [0.1, 0.15) is 5.69 Å². The molecule has 7 nitrogen and oxygen atoms in total. The van der Waals surface area contributed by atoms with Crippen LogP contribution in [0, 0.1) is 6.92 Å². The monoisotopic (exact) mass is 523 g/mol. The summed E-state index contributed by atoms with van der Waals surface area (Å²) in [6, 6.07) is 18.5. The number of aromatic amines is 2. The van der Waals surface area contributed by atoms with Gasteiger partial charge in [-0.15, -0.1) is 0 Å². The second-order valence-electron chi connectivity index (χ2n) is 9.58. The fraction of sp³-hybridized carbons (Fsp3) is 0.0606. The van der Waals surface area contributed by atoms with Gasteiger partial charge in [0.2, 0.25) is 0 Å². The highest BCUT2D eigenvalue weighted by atomic mass is 15.1. The van der Waals surface area contributed by atoms with Gasteiger partial charge in [0, 0.05) is 28.4 Å². The van der Waals surface area contributed by atoms with E-state index in [2.05, 4.69) is 80.0 Å². The molecule has 2 aromatic carbocycles. The first-order chi connectivity index (χ1) is 19.5. The fourth-order valence-electron chi connectivity index (χ4n) is 4.85. The van der Waals surface area contributed by atoms with Crippen LogP contribution in [0.1, 0.15) is 23.7 Å². The largest absolute Gasteiger partial charge is 0.356 e. The van der Waals surface area contributed by atoms with E-state index in [1.54, 1.807) is 6.08 Å². The third-order valence-corrected chi connectivity index (χ3v) is 6.93. The molecule has 3 N–H and O–H groups in total. The number of fused-ring (bicyclic) bond motifs is 2. The van der Waals surface area contributed by atoms with E-state index in [0.717, 1.165) is 72.7 Å². The molecule has 7 heteroatoms. The Morgan fingerprint density at radius 1 is 1.00 bits per heavy atom. The van der Waals surface area contributed by atoms with Crippen LogP contribution >= 0.6 is 0 Å². The molecule has 4 aromatic heterocycles. The summed E-state index contributed by atoms with van der Waals surface area (Å²) in [6.45, 7) is 12.2. The Bertz CT molecular complexity index is 1930. The van der Waals surface area contributed by atoms with Crippen molar-refractivity contribution in [3.8, 4) is 17.1 Å². The summed E-state index contributed by atoms with van der Waals surface area (Å²) in [5.74, 6) is 0. The number of rotatable bonds is 8. The second kappa shape index (κ2) is 10.4. The van der Waals surface area contributed by atoms with Crippen LogP contribution in [0.2, 0.25) is 0 Å². The Morgan fingerprint density at radius 2 is 1.85 bits per heavy atom. The van der Waals surface area contributed by atoms with Crippen LogP contribution in [0.4, 0.5) is 0 Å². The molecule has 0 amide bonds. The first-order valence-corrected chi connectivity index (χ1v) is 13.0. The van der Waals surface area contributed by atoms with Gasteiger partial charge in [-0.3, -0.25) is 10.1 Å². The first kappa shape index (κ1) is 24.9. The Hall–Kier alpha value is -5.43. The molecule has 0 spiro atoms. The Labute approximate surface area is 232 Å². The Morgan fingerprint density at radius 3 is 2.60 bits per heavy atom. The lowest BCUT2D eigenvalue weighted by Gasteiger charge is -2.12. The molecule has 0 unspecified atom stereocenters. The summed E-state index contributed by atoms with van der Waals surface area (Å²) < 4.78 is 1.99. The van der Waals surface area contributed by atoms with Crippen molar-refractivity contribution in [2.75, 3.05) is 0 Å². The minimum Gasteiger partial charge on any atom is -0.356 e. The number of hydrogen-bond acceptors (Lipinski definition) is 4. The van der Waals surface area contributed by atoms with E-state index in [1.807, 2.05) is 73.7 Å². The summed E-state index contributed by atoms with van der Waals surface area (Å²) >= 11 is 0. The number of benzene rings is 2. The minimum absolute atomic E-state index is 0.813. The predicted octanol–water partition coefficient (Wildman–Crippen LogP) is 7.33. The smallest absolute Gasteiger partial charge is 0.116 e. The lowest BCUT2D eigenvalue weighted by Crippen LogP contribution is -2.09. The van der Waals surface area contributed by atoms with Crippen molar-refractivity contribution in [2.24, 2.45) is 0 Å². The van der Waals surface area contributed by atoms with Crippen molar-refractivity contribution in [1.82, 2.24) is 35.0 Å². The van der Waals surface area contributed by atoms with Crippen molar-refractivity contribution >= 4 is 33.1 Å². The van der Waals surface area contributed by atoms with Gasteiger partial charge in [-0.2, -0.15) is 5.10 Å².